The molecule has 26 heavy (non-hydrogen) atoms. The van der Waals surface area contributed by atoms with Crippen molar-refractivity contribution in [3.05, 3.63) is 71.3 Å². The van der Waals surface area contributed by atoms with Crippen LogP contribution in [0.3, 0.4) is 0 Å². The number of carbonyl (C=O) groups excluding carboxylic acids is 1. The Morgan fingerprint density at radius 2 is 1.77 bits per heavy atom. The van der Waals surface area contributed by atoms with Gasteiger partial charge in [-0.25, -0.2) is 0 Å². The molecule has 1 saturated heterocycles. The number of benzene rings is 2. The Morgan fingerprint density at radius 3 is 2.42 bits per heavy atom. The Balaban J connectivity index is 1.42. The average Bonchev–Trinajstić information content (AvgIpc) is 2.68. The van der Waals surface area contributed by atoms with E-state index in [1.165, 1.54) is 11.1 Å². The van der Waals surface area contributed by atoms with E-state index < -0.39 is 6.04 Å². The van der Waals surface area contributed by atoms with Crippen molar-refractivity contribution in [2.75, 3.05) is 19.6 Å². The molecule has 1 unspecified atom stereocenters. The lowest BCUT2D eigenvalue weighted by molar-refractivity contribution is -0.123. The minimum atomic E-state index is -0.591. The fraction of sp³-hybridized carbons (Fsp3) is 0.409. The molecule has 3 N–H and O–H groups in total. The molecule has 1 aliphatic heterocycles. The Bertz CT molecular complexity index is 691. The van der Waals surface area contributed by atoms with Crippen LogP contribution in [-0.4, -0.2) is 36.5 Å². The lowest BCUT2D eigenvalue weighted by Crippen LogP contribution is -2.47. The number of nitrogens with one attached hydrogen (secondary N) is 1. The van der Waals surface area contributed by atoms with Gasteiger partial charge in [-0.15, -0.1) is 0 Å². The first-order chi connectivity index (χ1) is 12.6. The number of piperidine rings is 1. The molecule has 1 aliphatic rings. The molecule has 3 rings (SSSR count). The average molecular weight is 351 g/mol. The first kappa shape index (κ1) is 18.6. The van der Waals surface area contributed by atoms with Crippen LogP contribution in [0.4, 0.5) is 0 Å². The largest absolute Gasteiger partial charge is 0.352 e. The summed E-state index contributed by atoms with van der Waals surface area (Å²) in [6.07, 6.45) is 3.05. The second-order valence-corrected chi connectivity index (χ2v) is 7.25. The standard InChI is InChI=1S/C22H29N3O/c1-17-7-9-19(10-8-17)21(23)22(26)24-20-12-15-25(16-13-20)14-11-18-5-3-2-4-6-18/h2-10,20-21H,11-16,23H2,1H3,(H,24,26). The normalized spacial score (nSPS) is 17.0. The van der Waals surface area contributed by atoms with Crippen LogP contribution in [0.25, 0.3) is 0 Å². The summed E-state index contributed by atoms with van der Waals surface area (Å²) in [7, 11) is 0. The van der Waals surface area contributed by atoms with Gasteiger partial charge in [-0.05, 0) is 37.3 Å². The van der Waals surface area contributed by atoms with Crippen LogP contribution < -0.4 is 11.1 Å². The number of hydrogen-bond acceptors (Lipinski definition) is 3. The maximum atomic E-state index is 12.4. The Morgan fingerprint density at radius 1 is 1.12 bits per heavy atom. The van der Waals surface area contributed by atoms with Crippen molar-refractivity contribution in [2.24, 2.45) is 5.73 Å². The third-order valence-electron chi connectivity index (χ3n) is 5.21. The number of nitrogens with zero attached hydrogens (tertiary/aromatic N) is 1. The summed E-state index contributed by atoms with van der Waals surface area (Å²) in [5, 5.41) is 3.14. The smallest absolute Gasteiger partial charge is 0.241 e. The molecule has 2 aromatic carbocycles. The summed E-state index contributed by atoms with van der Waals surface area (Å²) in [4.78, 5) is 14.9. The number of aryl methyl sites for hydroxylation is 1. The van der Waals surface area contributed by atoms with Crippen LogP contribution in [0, 0.1) is 6.92 Å². The molecule has 1 atom stereocenters. The van der Waals surface area contributed by atoms with Crippen molar-refractivity contribution in [1.29, 1.82) is 0 Å². The molecule has 0 bridgehead atoms. The van der Waals surface area contributed by atoms with E-state index in [2.05, 4.69) is 40.5 Å². The van der Waals surface area contributed by atoms with Crippen LogP contribution in [0.5, 0.6) is 0 Å². The first-order valence-electron chi connectivity index (χ1n) is 9.50. The van der Waals surface area contributed by atoms with E-state index in [0.29, 0.717) is 0 Å². The summed E-state index contributed by atoms with van der Waals surface area (Å²) < 4.78 is 0. The summed E-state index contributed by atoms with van der Waals surface area (Å²) in [6.45, 7) is 5.16. The second kappa shape index (κ2) is 8.97. The van der Waals surface area contributed by atoms with Gasteiger partial charge in [0.2, 0.25) is 5.91 Å². The summed E-state index contributed by atoms with van der Waals surface area (Å²) in [6, 6.07) is 18.1. The monoisotopic (exact) mass is 351 g/mol. The lowest BCUT2D eigenvalue weighted by Gasteiger charge is -2.32. The zero-order valence-electron chi connectivity index (χ0n) is 15.5. The zero-order chi connectivity index (χ0) is 18.4. The van der Waals surface area contributed by atoms with E-state index in [9.17, 15) is 4.79 Å². The van der Waals surface area contributed by atoms with Crippen molar-refractivity contribution in [2.45, 2.75) is 38.3 Å². The number of likely N-dealkylation sites (tertiary alicyclic amines) is 1. The van der Waals surface area contributed by atoms with Crippen LogP contribution >= 0.6 is 0 Å². The van der Waals surface area contributed by atoms with E-state index in [4.69, 9.17) is 5.73 Å². The third-order valence-corrected chi connectivity index (χ3v) is 5.21. The van der Waals surface area contributed by atoms with Crippen LogP contribution in [0.2, 0.25) is 0 Å². The molecule has 0 saturated carbocycles. The van der Waals surface area contributed by atoms with Gasteiger partial charge >= 0.3 is 0 Å². The molecular formula is C22H29N3O. The van der Waals surface area contributed by atoms with E-state index >= 15 is 0 Å². The number of rotatable bonds is 6. The van der Waals surface area contributed by atoms with Crippen molar-refractivity contribution < 1.29 is 4.79 Å². The predicted molar refractivity (Wildman–Crippen MR) is 106 cm³/mol. The first-order valence-corrected chi connectivity index (χ1v) is 9.50. The molecule has 2 aromatic rings. The predicted octanol–water partition coefficient (Wildman–Crippen LogP) is 2.82. The quantitative estimate of drug-likeness (QED) is 0.841. The van der Waals surface area contributed by atoms with Gasteiger partial charge in [0.1, 0.15) is 6.04 Å². The van der Waals surface area contributed by atoms with Gasteiger partial charge < -0.3 is 16.0 Å². The minimum absolute atomic E-state index is 0.0726. The lowest BCUT2D eigenvalue weighted by atomic mass is 10.0. The van der Waals surface area contributed by atoms with Gasteiger partial charge in [-0.2, -0.15) is 0 Å². The molecule has 0 aliphatic carbocycles. The molecular weight excluding hydrogens is 322 g/mol. The summed E-state index contributed by atoms with van der Waals surface area (Å²) >= 11 is 0. The Kier molecular flexibility index (Phi) is 6.42. The van der Waals surface area contributed by atoms with E-state index in [-0.39, 0.29) is 11.9 Å². The molecule has 0 radical (unpaired) electrons. The van der Waals surface area contributed by atoms with Gasteiger partial charge in [0, 0.05) is 25.7 Å². The SMILES string of the molecule is Cc1ccc(C(N)C(=O)NC2CCN(CCc3ccccc3)CC2)cc1. The molecule has 0 spiro atoms. The van der Waals surface area contributed by atoms with Gasteiger partial charge in [0.15, 0.2) is 0 Å². The fourth-order valence-corrected chi connectivity index (χ4v) is 3.45. The maximum absolute atomic E-state index is 12.4. The van der Waals surface area contributed by atoms with Crippen LogP contribution in [0.15, 0.2) is 54.6 Å². The molecule has 1 heterocycles. The number of nitrogens with two attached hydrogens (primary N) is 1. The van der Waals surface area contributed by atoms with E-state index in [1.807, 2.05) is 31.2 Å². The fourth-order valence-electron chi connectivity index (χ4n) is 3.45. The van der Waals surface area contributed by atoms with Crippen molar-refractivity contribution in [3.8, 4) is 0 Å². The van der Waals surface area contributed by atoms with Crippen molar-refractivity contribution >= 4 is 5.91 Å². The highest BCUT2D eigenvalue weighted by Gasteiger charge is 2.23. The zero-order valence-corrected chi connectivity index (χ0v) is 15.5. The van der Waals surface area contributed by atoms with Crippen molar-refractivity contribution in [1.82, 2.24) is 10.2 Å². The summed E-state index contributed by atoms with van der Waals surface area (Å²) in [5.74, 6) is -0.0726. The second-order valence-electron chi connectivity index (χ2n) is 7.25. The highest BCUT2D eigenvalue weighted by Crippen LogP contribution is 2.15. The topological polar surface area (TPSA) is 58.4 Å². The number of amides is 1. The van der Waals surface area contributed by atoms with Gasteiger partial charge in [-0.3, -0.25) is 4.79 Å². The highest BCUT2D eigenvalue weighted by atomic mass is 16.2. The Hall–Kier alpha value is -2.17. The molecule has 138 valence electrons. The number of carbonyl (C=O) groups is 1. The van der Waals surface area contributed by atoms with Gasteiger partial charge in [0.05, 0.1) is 0 Å². The third kappa shape index (κ3) is 5.16. The molecule has 1 fully saturated rings. The molecule has 0 aromatic heterocycles. The van der Waals surface area contributed by atoms with E-state index in [0.717, 1.165) is 44.5 Å². The van der Waals surface area contributed by atoms with Crippen molar-refractivity contribution in [3.63, 3.8) is 0 Å². The molecule has 1 amide bonds. The van der Waals surface area contributed by atoms with Gasteiger partial charge in [-0.1, -0.05) is 60.2 Å². The Labute approximate surface area is 156 Å². The molecule has 4 nitrogen and oxygen atoms in total. The highest BCUT2D eigenvalue weighted by molar-refractivity contribution is 5.83. The molecule has 4 heteroatoms. The van der Waals surface area contributed by atoms with Crippen LogP contribution in [0.1, 0.15) is 35.6 Å². The summed E-state index contributed by atoms with van der Waals surface area (Å²) in [5.41, 5.74) is 9.54. The van der Waals surface area contributed by atoms with Gasteiger partial charge in [0.25, 0.3) is 0 Å². The van der Waals surface area contributed by atoms with Crippen LogP contribution in [-0.2, 0) is 11.2 Å². The maximum Gasteiger partial charge on any atom is 0.241 e. The number of hydrogen-bond donors (Lipinski definition) is 2. The van der Waals surface area contributed by atoms with E-state index in [1.54, 1.807) is 0 Å². The minimum Gasteiger partial charge on any atom is -0.352 e.